The van der Waals surface area contributed by atoms with Gasteiger partial charge in [-0.15, -0.1) is 0 Å². The summed E-state index contributed by atoms with van der Waals surface area (Å²) in [6, 6.07) is 12.6. The van der Waals surface area contributed by atoms with Crippen LogP contribution in [0.2, 0.25) is 5.02 Å². The topological polar surface area (TPSA) is 64.6 Å². The minimum Gasteiger partial charge on any atom is -0.479 e. The van der Waals surface area contributed by atoms with Gasteiger partial charge in [-0.1, -0.05) is 29.8 Å². The molecule has 2 rings (SSSR count). The number of amides is 1. The van der Waals surface area contributed by atoms with E-state index in [1.807, 2.05) is 25.1 Å². The first kappa shape index (κ1) is 19.8. The summed E-state index contributed by atoms with van der Waals surface area (Å²) in [7, 11) is 0. The molecule has 0 heterocycles. The SMILES string of the molecule is Cc1cccc(O[C@H](C)C(=O)O[C@@H](C)C(=O)Nc2cccc(Cl)c2C)c1. The minimum absolute atomic E-state index is 0.438. The summed E-state index contributed by atoms with van der Waals surface area (Å²) in [4.78, 5) is 24.4. The number of ether oxygens (including phenoxy) is 2. The highest BCUT2D eigenvalue weighted by Gasteiger charge is 2.23. The van der Waals surface area contributed by atoms with Gasteiger partial charge in [-0.2, -0.15) is 0 Å². The van der Waals surface area contributed by atoms with Crippen LogP contribution in [0, 0.1) is 13.8 Å². The Morgan fingerprint density at radius 1 is 1.04 bits per heavy atom. The van der Waals surface area contributed by atoms with Crippen LogP contribution < -0.4 is 10.1 Å². The summed E-state index contributed by atoms with van der Waals surface area (Å²) in [5.74, 6) is -0.482. The molecule has 0 saturated carbocycles. The van der Waals surface area contributed by atoms with E-state index in [0.717, 1.165) is 11.1 Å². The largest absolute Gasteiger partial charge is 0.479 e. The lowest BCUT2D eigenvalue weighted by Gasteiger charge is -2.18. The van der Waals surface area contributed by atoms with Crippen LogP contribution in [0.3, 0.4) is 0 Å². The van der Waals surface area contributed by atoms with E-state index in [-0.39, 0.29) is 0 Å². The lowest BCUT2D eigenvalue weighted by atomic mass is 10.2. The molecule has 138 valence electrons. The van der Waals surface area contributed by atoms with Crippen molar-refractivity contribution >= 4 is 29.2 Å². The van der Waals surface area contributed by atoms with Crippen LogP contribution in [-0.4, -0.2) is 24.1 Å². The van der Waals surface area contributed by atoms with E-state index in [4.69, 9.17) is 21.1 Å². The normalized spacial score (nSPS) is 12.8. The molecule has 0 radical (unpaired) electrons. The smallest absolute Gasteiger partial charge is 0.347 e. The third-order valence-electron chi connectivity index (χ3n) is 3.82. The van der Waals surface area contributed by atoms with Gasteiger partial charge in [-0.25, -0.2) is 4.79 Å². The molecule has 0 spiro atoms. The molecule has 0 unspecified atom stereocenters. The van der Waals surface area contributed by atoms with Crippen LogP contribution in [0.1, 0.15) is 25.0 Å². The molecule has 1 N–H and O–H groups in total. The Morgan fingerprint density at radius 3 is 2.42 bits per heavy atom. The molecule has 0 aliphatic carbocycles. The molecule has 0 saturated heterocycles. The molecule has 0 aromatic heterocycles. The summed E-state index contributed by atoms with van der Waals surface area (Å²) in [5.41, 5.74) is 2.35. The predicted octanol–water partition coefficient (Wildman–Crippen LogP) is 4.29. The zero-order valence-electron chi connectivity index (χ0n) is 15.2. The summed E-state index contributed by atoms with van der Waals surface area (Å²) < 4.78 is 10.8. The molecular formula is C20H22ClNO4. The lowest BCUT2D eigenvalue weighted by molar-refractivity contribution is -0.159. The summed E-state index contributed by atoms with van der Waals surface area (Å²) >= 11 is 6.04. The maximum absolute atomic E-state index is 12.3. The highest BCUT2D eigenvalue weighted by Crippen LogP contribution is 2.23. The fourth-order valence-corrected chi connectivity index (χ4v) is 2.42. The summed E-state index contributed by atoms with van der Waals surface area (Å²) in [6.07, 6.45) is -1.80. The molecule has 2 aromatic carbocycles. The maximum atomic E-state index is 12.3. The average molecular weight is 376 g/mol. The standard InChI is InChI=1S/C20H22ClNO4/c1-12-7-5-8-16(11-12)25-15(4)20(24)26-14(3)19(23)22-18-10-6-9-17(21)13(18)2/h5-11,14-15H,1-4H3,(H,22,23)/t14-,15+/m0/s1. The van der Waals surface area contributed by atoms with Crippen molar-refractivity contribution in [1.29, 1.82) is 0 Å². The van der Waals surface area contributed by atoms with E-state index in [9.17, 15) is 9.59 Å². The van der Waals surface area contributed by atoms with Gasteiger partial charge in [-0.05, 0) is 63.1 Å². The van der Waals surface area contributed by atoms with Gasteiger partial charge in [0.05, 0.1) is 0 Å². The van der Waals surface area contributed by atoms with Crippen LogP contribution in [0.15, 0.2) is 42.5 Å². The van der Waals surface area contributed by atoms with Crippen LogP contribution in [-0.2, 0) is 14.3 Å². The van der Waals surface area contributed by atoms with Crippen LogP contribution in [0.4, 0.5) is 5.69 Å². The number of hydrogen-bond acceptors (Lipinski definition) is 4. The molecule has 0 aliphatic rings. The first-order valence-electron chi connectivity index (χ1n) is 8.27. The Hall–Kier alpha value is -2.53. The molecule has 5 nitrogen and oxygen atoms in total. The number of esters is 1. The van der Waals surface area contributed by atoms with E-state index in [0.29, 0.717) is 16.5 Å². The van der Waals surface area contributed by atoms with Crippen molar-refractivity contribution in [3.8, 4) is 5.75 Å². The fraction of sp³-hybridized carbons (Fsp3) is 0.300. The van der Waals surface area contributed by atoms with Gasteiger partial charge in [0.25, 0.3) is 5.91 Å². The Morgan fingerprint density at radius 2 is 1.73 bits per heavy atom. The zero-order valence-corrected chi connectivity index (χ0v) is 16.0. The fourth-order valence-electron chi connectivity index (χ4n) is 2.24. The summed E-state index contributed by atoms with van der Waals surface area (Å²) in [5, 5.41) is 3.26. The Bertz CT molecular complexity index is 806. The van der Waals surface area contributed by atoms with Crippen molar-refractivity contribution in [3.63, 3.8) is 0 Å². The van der Waals surface area contributed by atoms with Crippen molar-refractivity contribution in [2.24, 2.45) is 0 Å². The van der Waals surface area contributed by atoms with Gasteiger partial charge >= 0.3 is 5.97 Å². The molecule has 1 amide bonds. The van der Waals surface area contributed by atoms with Crippen molar-refractivity contribution in [1.82, 2.24) is 0 Å². The zero-order chi connectivity index (χ0) is 19.3. The lowest BCUT2D eigenvalue weighted by Crippen LogP contribution is -2.35. The quantitative estimate of drug-likeness (QED) is 0.765. The van der Waals surface area contributed by atoms with Crippen LogP contribution >= 0.6 is 11.6 Å². The van der Waals surface area contributed by atoms with E-state index in [2.05, 4.69) is 5.32 Å². The Labute approximate surface area is 158 Å². The minimum atomic E-state index is -0.968. The second-order valence-corrected chi connectivity index (χ2v) is 6.46. The number of anilines is 1. The van der Waals surface area contributed by atoms with Gasteiger partial charge in [0, 0.05) is 10.7 Å². The second kappa shape index (κ2) is 8.72. The van der Waals surface area contributed by atoms with Crippen LogP contribution in [0.25, 0.3) is 0 Å². The van der Waals surface area contributed by atoms with E-state index in [1.54, 1.807) is 38.1 Å². The Kier molecular flexibility index (Phi) is 6.64. The van der Waals surface area contributed by atoms with Crippen LogP contribution in [0.5, 0.6) is 5.75 Å². The number of halogens is 1. The van der Waals surface area contributed by atoms with Gasteiger partial charge < -0.3 is 14.8 Å². The molecular weight excluding hydrogens is 354 g/mol. The third kappa shape index (κ3) is 5.23. The van der Waals surface area contributed by atoms with E-state index in [1.165, 1.54) is 6.92 Å². The van der Waals surface area contributed by atoms with Crippen molar-refractivity contribution in [2.75, 3.05) is 5.32 Å². The van der Waals surface area contributed by atoms with Crippen molar-refractivity contribution < 1.29 is 19.1 Å². The highest BCUT2D eigenvalue weighted by atomic mass is 35.5. The number of carbonyl (C=O) groups is 2. The monoisotopic (exact) mass is 375 g/mol. The van der Waals surface area contributed by atoms with Crippen molar-refractivity contribution in [3.05, 3.63) is 58.6 Å². The van der Waals surface area contributed by atoms with E-state index < -0.39 is 24.1 Å². The third-order valence-corrected chi connectivity index (χ3v) is 4.23. The number of aryl methyl sites for hydroxylation is 1. The molecule has 0 fully saturated rings. The number of nitrogens with one attached hydrogen (secondary N) is 1. The highest BCUT2D eigenvalue weighted by molar-refractivity contribution is 6.31. The molecule has 0 aliphatic heterocycles. The first-order valence-corrected chi connectivity index (χ1v) is 8.65. The molecule has 6 heteroatoms. The van der Waals surface area contributed by atoms with Gasteiger partial charge in [0.15, 0.2) is 12.2 Å². The van der Waals surface area contributed by atoms with Gasteiger partial charge in [0.1, 0.15) is 5.75 Å². The second-order valence-electron chi connectivity index (χ2n) is 6.06. The van der Waals surface area contributed by atoms with E-state index >= 15 is 0 Å². The maximum Gasteiger partial charge on any atom is 0.347 e. The first-order chi connectivity index (χ1) is 12.3. The molecule has 2 aromatic rings. The Balaban J connectivity index is 1.93. The van der Waals surface area contributed by atoms with Crippen molar-refractivity contribution in [2.45, 2.75) is 39.9 Å². The summed E-state index contributed by atoms with van der Waals surface area (Å²) in [6.45, 7) is 6.81. The van der Waals surface area contributed by atoms with Gasteiger partial charge in [0.2, 0.25) is 0 Å². The number of hydrogen-bond donors (Lipinski definition) is 1. The number of carbonyl (C=O) groups excluding carboxylic acids is 2. The predicted molar refractivity (Wildman–Crippen MR) is 102 cm³/mol. The van der Waals surface area contributed by atoms with Gasteiger partial charge in [-0.3, -0.25) is 4.79 Å². The average Bonchev–Trinajstić information content (AvgIpc) is 2.58. The number of benzene rings is 2. The molecule has 26 heavy (non-hydrogen) atoms. The molecule has 0 bridgehead atoms. The number of rotatable bonds is 6. The molecule has 2 atom stereocenters.